The Morgan fingerprint density at radius 1 is 1.33 bits per heavy atom. The summed E-state index contributed by atoms with van der Waals surface area (Å²) in [5.74, 6) is -1.22. The number of carboxylic acids is 1. The lowest BCUT2D eigenvalue weighted by Gasteiger charge is -2.07. The van der Waals surface area contributed by atoms with Gasteiger partial charge >= 0.3 is 5.97 Å². The largest absolute Gasteiger partial charge is 0.479 e. The first-order chi connectivity index (χ1) is 5.75. The van der Waals surface area contributed by atoms with E-state index in [0.717, 1.165) is 0 Å². The van der Waals surface area contributed by atoms with Crippen LogP contribution in [-0.2, 0) is 9.68 Å². The van der Waals surface area contributed by atoms with Crippen LogP contribution < -0.4 is 0 Å². The van der Waals surface area contributed by atoms with Gasteiger partial charge in [-0.25, -0.2) is 9.68 Å². The van der Waals surface area contributed by atoms with Crippen LogP contribution >= 0.6 is 0 Å². The summed E-state index contributed by atoms with van der Waals surface area (Å²) in [4.78, 5) is 14.2. The van der Waals surface area contributed by atoms with E-state index in [1.54, 1.807) is 30.3 Å². The fraction of sp³-hybridized carbons (Fsp3) is 0.125. The van der Waals surface area contributed by atoms with Gasteiger partial charge in [-0.3, -0.25) is 5.26 Å². The number of aliphatic carboxylic acids is 1. The minimum Gasteiger partial charge on any atom is -0.479 e. The Kier molecular flexibility index (Phi) is 2.79. The van der Waals surface area contributed by atoms with Crippen molar-refractivity contribution in [1.29, 1.82) is 0 Å². The van der Waals surface area contributed by atoms with E-state index >= 15 is 0 Å². The Bertz CT molecular complexity index is 257. The van der Waals surface area contributed by atoms with Crippen molar-refractivity contribution >= 4 is 5.97 Å². The van der Waals surface area contributed by atoms with Crippen LogP contribution in [0.15, 0.2) is 30.3 Å². The van der Waals surface area contributed by atoms with E-state index in [4.69, 9.17) is 10.4 Å². The van der Waals surface area contributed by atoms with Gasteiger partial charge in [0.15, 0.2) is 0 Å². The summed E-state index contributed by atoms with van der Waals surface area (Å²) in [6.07, 6.45) is -1.30. The monoisotopic (exact) mass is 168 g/mol. The van der Waals surface area contributed by atoms with Crippen LogP contribution in [0.25, 0.3) is 0 Å². The molecular formula is C8H8O4. The number of carboxylic acid groups (broad SMARTS) is 1. The highest BCUT2D eigenvalue weighted by atomic mass is 17.1. The maximum Gasteiger partial charge on any atom is 0.340 e. The van der Waals surface area contributed by atoms with Crippen molar-refractivity contribution in [3.63, 3.8) is 0 Å². The molecule has 12 heavy (non-hydrogen) atoms. The van der Waals surface area contributed by atoms with Gasteiger partial charge in [0.1, 0.15) is 0 Å². The highest BCUT2D eigenvalue weighted by molar-refractivity contribution is 5.74. The van der Waals surface area contributed by atoms with Crippen LogP contribution in [0.3, 0.4) is 0 Å². The molecule has 2 N–H and O–H groups in total. The Morgan fingerprint density at radius 2 is 1.92 bits per heavy atom. The molecule has 1 aromatic carbocycles. The molecule has 0 fully saturated rings. The van der Waals surface area contributed by atoms with Gasteiger partial charge in [-0.15, -0.1) is 0 Å². The SMILES string of the molecule is O=C(O)C(OO)c1ccccc1. The molecule has 64 valence electrons. The van der Waals surface area contributed by atoms with Gasteiger partial charge in [0.25, 0.3) is 0 Å². The lowest BCUT2D eigenvalue weighted by atomic mass is 10.1. The van der Waals surface area contributed by atoms with Crippen LogP contribution in [0, 0.1) is 0 Å². The average molecular weight is 168 g/mol. The normalized spacial score (nSPS) is 12.4. The second-order valence-corrected chi connectivity index (χ2v) is 2.23. The molecule has 4 heteroatoms. The van der Waals surface area contributed by atoms with Crippen molar-refractivity contribution in [3.05, 3.63) is 35.9 Å². The zero-order valence-electron chi connectivity index (χ0n) is 6.18. The fourth-order valence-electron chi connectivity index (χ4n) is 0.876. The summed E-state index contributed by atoms with van der Waals surface area (Å²) in [6, 6.07) is 8.22. The summed E-state index contributed by atoms with van der Waals surface area (Å²) in [5, 5.41) is 16.8. The van der Waals surface area contributed by atoms with Crippen molar-refractivity contribution in [3.8, 4) is 0 Å². The predicted molar refractivity (Wildman–Crippen MR) is 40.5 cm³/mol. The van der Waals surface area contributed by atoms with Crippen LogP contribution in [0.4, 0.5) is 0 Å². The summed E-state index contributed by atoms with van der Waals surface area (Å²) >= 11 is 0. The first-order valence-electron chi connectivity index (χ1n) is 3.33. The molecule has 0 saturated carbocycles. The molecule has 0 radical (unpaired) electrons. The van der Waals surface area contributed by atoms with E-state index in [1.807, 2.05) is 0 Å². The van der Waals surface area contributed by atoms with E-state index in [2.05, 4.69) is 4.89 Å². The molecule has 0 saturated heterocycles. The molecular weight excluding hydrogens is 160 g/mol. The highest BCUT2D eigenvalue weighted by Crippen LogP contribution is 2.15. The second-order valence-electron chi connectivity index (χ2n) is 2.23. The molecule has 0 aliphatic heterocycles. The maximum absolute atomic E-state index is 10.4. The molecule has 1 aromatic rings. The predicted octanol–water partition coefficient (Wildman–Crippen LogP) is 1.30. The molecule has 1 atom stereocenters. The van der Waals surface area contributed by atoms with Crippen molar-refractivity contribution in [1.82, 2.24) is 0 Å². The lowest BCUT2D eigenvalue weighted by Crippen LogP contribution is -2.13. The van der Waals surface area contributed by atoms with Gasteiger partial charge < -0.3 is 5.11 Å². The Balaban J connectivity index is 2.88. The van der Waals surface area contributed by atoms with Crippen LogP contribution in [-0.4, -0.2) is 16.3 Å². The molecule has 0 aromatic heterocycles. The number of hydrogen-bond donors (Lipinski definition) is 2. The Morgan fingerprint density at radius 3 is 2.33 bits per heavy atom. The molecule has 0 spiro atoms. The topological polar surface area (TPSA) is 66.8 Å². The molecule has 0 amide bonds. The molecule has 0 bridgehead atoms. The van der Waals surface area contributed by atoms with E-state index in [-0.39, 0.29) is 0 Å². The first-order valence-corrected chi connectivity index (χ1v) is 3.33. The summed E-state index contributed by atoms with van der Waals surface area (Å²) < 4.78 is 0. The molecule has 0 aliphatic rings. The van der Waals surface area contributed by atoms with Crippen molar-refractivity contribution in [2.45, 2.75) is 6.10 Å². The van der Waals surface area contributed by atoms with Gasteiger partial charge in [0.05, 0.1) is 0 Å². The van der Waals surface area contributed by atoms with Crippen molar-refractivity contribution < 1.29 is 20.0 Å². The number of rotatable bonds is 3. The van der Waals surface area contributed by atoms with Crippen LogP contribution in [0.2, 0.25) is 0 Å². The number of hydrogen-bond acceptors (Lipinski definition) is 3. The quantitative estimate of drug-likeness (QED) is 0.527. The number of carbonyl (C=O) groups is 1. The Labute approximate surface area is 69.0 Å². The zero-order valence-corrected chi connectivity index (χ0v) is 6.18. The summed E-state index contributed by atoms with van der Waals surface area (Å²) in [5.41, 5.74) is 0.410. The van der Waals surface area contributed by atoms with Gasteiger partial charge in [-0.2, -0.15) is 0 Å². The summed E-state index contributed by atoms with van der Waals surface area (Å²) in [7, 11) is 0. The van der Waals surface area contributed by atoms with E-state index in [0.29, 0.717) is 5.56 Å². The van der Waals surface area contributed by atoms with Crippen molar-refractivity contribution in [2.24, 2.45) is 0 Å². The standard InChI is InChI=1S/C8H8O4/c9-8(10)7(12-11)6-4-2-1-3-5-6/h1-5,7,11H,(H,9,10). The molecule has 0 aliphatic carbocycles. The Hall–Kier alpha value is -1.39. The minimum atomic E-state index is -1.30. The van der Waals surface area contributed by atoms with Gasteiger partial charge in [0, 0.05) is 0 Å². The third-order valence-corrected chi connectivity index (χ3v) is 1.43. The second kappa shape index (κ2) is 3.85. The fourth-order valence-corrected chi connectivity index (χ4v) is 0.876. The summed E-state index contributed by atoms with van der Waals surface area (Å²) in [6.45, 7) is 0. The highest BCUT2D eigenvalue weighted by Gasteiger charge is 2.19. The van der Waals surface area contributed by atoms with E-state index < -0.39 is 12.1 Å². The number of benzene rings is 1. The maximum atomic E-state index is 10.4. The molecule has 1 unspecified atom stereocenters. The van der Waals surface area contributed by atoms with Gasteiger partial charge in [-0.05, 0) is 5.56 Å². The smallest absolute Gasteiger partial charge is 0.340 e. The molecule has 4 nitrogen and oxygen atoms in total. The zero-order chi connectivity index (χ0) is 8.97. The van der Waals surface area contributed by atoms with E-state index in [9.17, 15) is 4.79 Å². The molecule has 1 rings (SSSR count). The third kappa shape index (κ3) is 1.81. The van der Waals surface area contributed by atoms with Crippen LogP contribution in [0.5, 0.6) is 0 Å². The lowest BCUT2D eigenvalue weighted by molar-refractivity contribution is -0.279. The van der Waals surface area contributed by atoms with Crippen LogP contribution in [0.1, 0.15) is 11.7 Å². The van der Waals surface area contributed by atoms with Gasteiger partial charge in [-0.1, -0.05) is 30.3 Å². The first kappa shape index (κ1) is 8.70. The molecule has 0 heterocycles. The van der Waals surface area contributed by atoms with Crippen molar-refractivity contribution in [2.75, 3.05) is 0 Å². The third-order valence-electron chi connectivity index (χ3n) is 1.43. The van der Waals surface area contributed by atoms with Gasteiger partial charge in [0.2, 0.25) is 6.10 Å². The minimum absolute atomic E-state index is 0.410. The van der Waals surface area contributed by atoms with E-state index in [1.165, 1.54) is 0 Å². The average Bonchev–Trinajstić information content (AvgIpc) is 2.07.